The van der Waals surface area contributed by atoms with Crippen molar-refractivity contribution in [3.8, 4) is 6.07 Å². The molecular weight excluding hydrogens is 518 g/mol. The van der Waals surface area contributed by atoms with E-state index in [9.17, 15) is 19.6 Å². The number of pyridine rings is 2. The molecule has 5 heterocycles. The van der Waals surface area contributed by atoms with Crippen molar-refractivity contribution in [2.75, 3.05) is 55.6 Å². The highest BCUT2D eigenvalue weighted by molar-refractivity contribution is 6.01. The monoisotopic (exact) mass is 549 g/mol. The minimum Gasteiger partial charge on any atom is -0.449 e. The van der Waals surface area contributed by atoms with Crippen molar-refractivity contribution in [3.63, 3.8) is 0 Å². The second-order valence-electron chi connectivity index (χ2n) is 9.85. The summed E-state index contributed by atoms with van der Waals surface area (Å²) in [5.41, 5.74) is 2.42. The Hall–Kier alpha value is -4.28. The number of aromatic nitrogens is 2. The van der Waals surface area contributed by atoms with Crippen LogP contribution in [0.4, 0.5) is 26.9 Å². The molecule has 1 unspecified atom stereocenters. The number of cyclic esters (lactones) is 1. The Kier molecular flexibility index (Phi) is 8.37. The summed E-state index contributed by atoms with van der Waals surface area (Å²) in [6.07, 6.45) is 4.44. The van der Waals surface area contributed by atoms with Crippen LogP contribution in [-0.4, -0.2) is 85.4 Å². The maximum Gasteiger partial charge on any atom is 0.410 e. The molecule has 0 bridgehead atoms. The van der Waals surface area contributed by atoms with Gasteiger partial charge in [-0.1, -0.05) is 0 Å². The van der Waals surface area contributed by atoms with Gasteiger partial charge in [0, 0.05) is 38.0 Å². The van der Waals surface area contributed by atoms with Crippen molar-refractivity contribution in [2.24, 2.45) is 0 Å². The number of fused-ring (bicyclic) bond motifs is 1. The smallest absolute Gasteiger partial charge is 0.410 e. The van der Waals surface area contributed by atoms with Crippen LogP contribution in [0.5, 0.6) is 0 Å². The fourth-order valence-electron chi connectivity index (χ4n) is 5.09. The summed E-state index contributed by atoms with van der Waals surface area (Å²) in [5, 5.41) is 15.6. The van der Waals surface area contributed by atoms with Gasteiger partial charge in [-0.05, 0) is 37.3 Å². The molecule has 0 radical (unpaired) electrons. The number of urea groups is 1. The Labute approximate surface area is 231 Å². The molecule has 0 aliphatic carbocycles. The van der Waals surface area contributed by atoms with E-state index in [1.807, 2.05) is 6.07 Å². The van der Waals surface area contributed by atoms with Crippen LogP contribution in [0.2, 0.25) is 0 Å². The van der Waals surface area contributed by atoms with Crippen molar-refractivity contribution in [1.82, 2.24) is 14.9 Å². The van der Waals surface area contributed by atoms with Crippen LogP contribution >= 0.6 is 0 Å². The van der Waals surface area contributed by atoms with Crippen molar-refractivity contribution in [2.45, 2.75) is 44.4 Å². The Bertz CT molecular complexity index is 1330. The van der Waals surface area contributed by atoms with Crippen molar-refractivity contribution >= 4 is 35.7 Å². The lowest BCUT2D eigenvalue weighted by Gasteiger charge is -2.29. The SMILES string of the molecule is CO[C@@H]1COCC1Nc1cc(NC(=O)N2CCCc3cc(CN4CCCCOC4=O)c(C=O)nc32)ncc1C#N. The highest BCUT2D eigenvalue weighted by Gasteiger charge is 2.30. The molecular formula is C27H31N7O6. The largest absolute Gasteiger partial charge is 0.449 e. The van der Waals surface area contributed by atoms with Gasteiger partial charge in [-0.3, -0.25) is 15.0 Å². The van der Waals surface area contributed by atoms with Gasteiger partial charge in [0.05, 0.1) is 43.7 Å². The van der Waals surface area contributed by atoms with Crippen LogP contribution in [0.25, 0.3) is 0 Å². The number of ether oxygens (including phenoxy) is 3. The molecule has 2 aromatic heterocycles. The molecule has 3 amide bonds. The lowest BCUT2D eigenvalue weighted by atomic mass is 10.0. The molecule has 13 heteroatoms. The van der Waals surface area contributed by atoms with Crippen LogP contribution in [0, 0.1) is 11.3 Å². The summed E-state index contributed by atoms with van der Waals surface area (Å²) in [6.45, 7) is 2.40. The lowest BCUT2D eigenvalue weighted by Crippen LogP contribution is -2.40. The van der Waals surface area contributed by atoms with Gasteiger partial charge < -0.3 is 24.4 Å². The van der Waals surface area contributed by atoms with Gasteiger partial charge >= 0.3 is 12.1 Å². The number of hydrogen-bond acceptors (Lipinski definition) is 10. The topological polar surface area (TPSA) is 159 Å². The van der Waals surface area contributed by atoms with Gasteiger partial charge in [0.1, 0.15) is 29.5 Å². The summed E-state index contributed by atoms with van der Waals surface area (Å²) in [7, 11) is 1.60. The highest BCUT2D eigenvalue weighted by Crippen LogP contribution is 2.29. The van der Waals surface area contributed by atoms with E-state index in [0.717, 1.165) is 18.4 Å². The molecule has 0 spiro atoms. The fraction of sp³-hybridized carbons (Fsp3) is 0.481. The number of aryl methyl sites for hydroxylation is 1. The molecule has 0 saturated carbocycles. The van der Waals surface area contributed by atoms with Crippen LogP contribution in [0.15, 0.2) is 18.3 Å². The third kappa shape index (κ3) is 5.83. The number of methoxy groups -OCH3 is 1. The third-order valence-corrected chi connectivity index (χ3v) is 7.23. The molecule has 3 aliphatic heterocycles. The Morgan fingerprint density at radius 2 is 2.15 bits per heavy atom. The van der Waals surface area contributed by atoms with E-state index in [1.165, 1.54) is 11.1 Å². The van der Waals surface area contributed by atoms with E-state index < -0.39 is 12.1 Å². The van der Waals surface area contributed by atoms with Crippen molar-refractivity contribution < 1.29 is 28.6 Å². The molecule has 210 valence electrons. The summed E-state index contributed by atoms with van der Waals surface area (Å²) in [5.74, 6) is 0.643. The number of nitrogens with zero attached hydrogens (tertiary/aromatic N) is 5. The lowest BCUT2D eigenvalue weighted by molar-refractivity contribution is 0.0795. The number of nitriles is 1. The van der Waals surface area contributed by atoms with Crippen LogP contribution < -0.4 is 15.5 Å². The van der Waals surface area contributed by atoms with Crippen LogP contribution in [0.1, 0.15) is 46.4 Å². The van der Waals surface area contributed by atoms with E-state index in [-0.39, 0.29) is 30.2 Å². The summed E-state index contributed by atoms with van der Waals surface area (Å²) < 4.78 is 16.1. The zero-order valence-corrected chi connectivity index (χ0v) is 22.2. The zero-order chi connectivity index (χ0) is 28.1. The van der Waals surface area contributed by atoms with E-state index in [1.54, 1.807) is 18.1 Å². The molecule has 0 aromatic carbocycles. The number of nitrogens with one attached hydrogen (secondary N) is 2. The molecule has 40 heavy (non-hydrogen) atoms. The first-order valence-corrected chi connectivity index (χ1v) is 13.3. The first kappa shape index (κ1) is 27.3. The third-order valence-electron chi connectivity index (χ3n) is 7.23. The Morgan fingerprint density at radius 1 is 1.27 bits per heavy atom. The van der Waals surface area contributed by atoms with Gasteiger partial charge in [0.2, 0.25) is 0 Å². The molecule has 2 N–H and O–H groups in total. The summed E-state index contributed by atoms with van der Waals surface area (Å²) in [6, 6.07) is 4.93. The highest BCUT2D eigenvalue weighted by atomic mass is 16.6. The zero-order valence-electron chi connectivity index (χ0n) is 22.2. The quantitative estimate of drug-likeness (QED) is 0.492. The van der Waals surface area contributed by atoms with Gasteiger partial charge in [-0.2, -0.15) is 5.26 Å². The molecule has 2 aromatic rings. The maximum absolute atomic E-state index is 13.4. The first-order valence-electron chi connectivity index (χ1n) is 13.3. The maximum atomic E-state index is 13.4. The average Bonchev–Trinajstić information content (AvgIpc) is 3.32. The molecule has 2 atom stereocenters. The van der Waals surface area contributed by atoms with E-state index in [0.29, 0.717) is 74.7 Å². The van der Waals surface area contributed by atoms with E-state index in [4.69, 9.17) is 14.2 Å². The minimum absolute atomic E-state index is 0.159. The Morgan fingerprint density at radius 3 is 2.95 bits per heavy atom. The predicted octanol–water partition coefficient (Wildman–Crippen LogP) is 2.70. The number of anilines is 3. The number of carbonyl (C=O) groups is 3. The van der Waals surface area contributed by atoms with Crippen molar-refractivity contribution in [1.29, 1.82) is 5.26 Å². The fourth-order valence-corrected chi connectivity index (χ4v) is 5.09. The molecule has 5 rings (SSSR count). The van der Waals surface area contributed by atoms with Crippen LogP contribution in [-0.2, 0) is 27.2 Å². The van der Waals surface area contributed by atoms with Crippen LogP contribution in [0.3, 0.4) is 0 Å². The van der Waals surface area contributed by atoms with Gasteiger partial charge in [0.15, 0.2) is 6.29 Å². The average molecular weight is 550 g/mol. The minimum atomic E-state index is -0.462. The van der Waals surface area contributed by atoms with Crippen molar-refractivity contribution in [3.05, 3.63) is 40.7 Å². The Balaban J connectivity index is 1.35. The second-order valence-corrected chi connectivity index (χ2v) is 9.85. The number of amides is 3. The molecule has 3 aliphatic rings. The van der Waals surface area contributed by atoms with E-state index in [2.05, 4.69) is 26.7 Å². The number of aldehydes is 1. The summed E-state index contributed by atoms with van der Waals surface area (Å²) >= 11 is 0. The number of carbonyl (C=O) groups excluding carboxylic acids is 3. The second kappa shape index (κ2) is 12.3. The normalized spacial score (nSPS) is 20.6. The van der Waals surface area contributed by atoms with Gasteiger partial charge in [-0.25, -0.2) is 19.6 Å². The summed E-state index contributed by atoms with van der Waals surface area (Å²) in [4.78, 5) is 49.5. The first-order chi connectivity index (χ1) is 19.5. The standard InChI is InChI=1S/C27H31N7O6/c1-38-23-16-39-15-22(23)30-20-10-24(29-12-19(20)11-28)32-26(36)34-7-4-5-17-9-18(21(14-35)31-25(17)34)13-33-6-2-3-8-40-27(33)37/h9-10,12,14,22-23H,2-8,13,15-16H2,1H3,(H2,29,30,32,36)/t22?,23-/m1/s1. The van der Waals surface area contributed by atoms with Gasteiger partial charge in [0.25, 0.3) is 0 Å². The predicted molar refractivity (Wildman–Crippen MR) is 143 cm³/mol. The number of rotatable bonds is 7. The molecule has 13 nitrogen and oxygen atoms in total. The number of hydrogen-bond donors (Lipinski definition) is 2. The molecule has 2 fully saturated rings. The molecule has 2 saturated heterocycles. The van der Waals surface area contributed by atoms with Gasteiger partial charge in [-0.15, -0.1) is 0 Å². The van der Waals surface area contributed by atoms with E-state index >= 15 is 0 Å².